The van der Waals surface area contributed by atoms with Crippen molar-refractivity contribution < 1.29 is 0 Å². The molecule has 1 rings (SSSR count). The van der Waals surface area contributed by atoms with Crippen LogP contribution in [0, 0.1) is 5.92 Å². The van der Waals surface area contributed by atoms with Crippen LogP contribution >= 0.6 is 12.8 Å². The Labute approximate surface area is 50.0 Å². The van der Waals surface area contributed by atoms with Gasteiger partial charge in [0.25, 0.3) is 0 Å². The highest BCUT2D eigenvalue weighted by Crippen LogP contribution is 2.32. The number of hydrogen-bond acceptors (Lipinski definition) is 2. The fourth-order valence-electron chi connectivity index (χ4n) is 0.702. The first-order chi connectivity index (χ1) is 3.34. The molecule has 2 heteroatoms. The molecule has 1 N–H and O–H groups in total. The van der Waals surface area contributed by atoms with E-state index in [2.05, 4.69) is 24.5 Å². The Balaban J connectivity index is 2.10. The van der Waals surface area contributed by atoms with Crippen molar-refractivity contribution in [1.29, 1.82) is 0 Å². The lowest BCUT2D eigenvalue weighted by Gasteiger charge is -2.03. The molecule has 0 bridgehead atoms. The molecule has 0 aliphatic heterocycles. The molecular weight excluding hydrogens is 106 g/mol. The molecule has 0 aromatic carbocycles. The standard InChI is InChI=1S/C5H11NS/c1-4(6-7)5-2-3-5/h4-7H,2-3H2,1H3. The fourth-order valence-corrected chi connectivity index (χ4v) is 0.912. The maximum Gasteiger partial charge on any atom is 0.0169 e. The van der Waals surface area contributed by atoms with Crippen LogP contribution in [-0.4, -0.2) is 6.04 Å². The number of nitrogens with one attached hydrogen (secondary N) is 1. The predicted octanol–water partition coefficient (Wildman–Crippen LogP) is 1.22. The first kappa shape index (κ1) is 5.45. The van der Waals surface area contributed by atoms with Crippen LogP contribution in [-0.2, 0) is 0 Å². The van der Waals surface area contributed by atoms with E-state index in [4.69, 9.17) is 0 Å². The number of hydrogen-bond donors (Lipinski definition) is 2. The molecule has 0 radical (unpaired) electrons. The minimum absolute atomic E-state index is 0.628. The Morgan fingerprint density at radius 2 is 2.29 bits per heavy atom. The number of rotatable bonds is 2. The molecule has 7 heavy (non-hydrogen) atoms. The summed E-state index contributed by atoms with van der Waals surface area (Å²) >= 11 is 3.94. The lowest BCUT2D eigenvalue weighted by Crippen LogP contribution is -2.17. The van der Waals surface area contributed by atoms with Gasteiger partial charge in [-0.15, -0.1) is 0 Å². The Bertz CT molecular complexity index is 61.1. The maximum absolute atomic E-state index is 3.94. The molecule has 0 aromatic rings. The molecule has 0 amide bonds. The van der Waals surface area contributed by atoms with E-state index >= 15 is 0 Å². The first-order valence-corrected chi connectivity index (χ1v) is 3.19. The van der Waals surface area contributed by atoms with E-state index in [1.807, 2.05) is 0 Å². The number of thiol groups is 1. The van der Waals surface area contributed by atoms with Crippen LogP contribution in [0.4, 0.5) is 0 Å². The summed E-state index contributed by atoms with van der Waals surface area (Å²) in [6, 6.07) is 0.628. The average molecular weight is 117 g/mol. The van der Waals surface area contributed by atoms with E-state index < -0.39 is 0 Å². The third kappa shape index (κ3) is 1.35. The smallest absolute Gasteiger partial charge is 0.0169 e. The Hall–Kier alpha value is 0.310. The molecule has 1 nitrogen and oxygen atoms in total. The van der Waals surface area contributed by atoms with Gasteiger partial charge in [0.2, 0.25) is 0 Å². The summed E-state index contributed by atoms with van der Waals surface area (Å²) in [5.41, 5.74) is 0. The second-order valence-corrected chi connectivity index (χ2v) is 2.51. The highest BCUT2D eigenvalue weighted by atomic mass is 32.1. The van der Waals surface area contributed by atoms with Gasteiger partial charge in [-0.2, -0.15) is 0 Å². The van der Waals surface area contributed by atoms with Gasteiger partial charge in [0.05, 0.1) is 0 Å². The lowest BCUT2D eigenvalue weighted by molar-refractivity contribution is 0.613. The van der Waals surface area contributed by atoms with Crippen molar-refractivity contribution in [2.24, 2.45) is 5.92 Å². The van der Waals surface area contributed by atoms with Crippen LogP contribution < -0.4 is 4.72 Å². The Kier molecular flexibility index (Phi) is 1.60. The van der Waals surface area contributed by atoms with Crippen molar-refractivity contribution in [1.82, 2.24) is 4.72 Å². The largest absolute Gasteiger partial charge is 0.264 e. The summed E-state index contributed by atoms with van der Waals surface area (Å²) < 4.78 is 2.92. The molecule has 1 aliphatic carbocycles. The van der Waals surface area contributed by atoms with Crippen LogP contribution in [0.2, 0.25) is 0 Å². The Morgan fingerprint density at radius 3 is 2.43 bits per heavy atom. The van der Waals surface area contributed by atoms with E-state index in [1.165, 1.54) is 12.8 Å². The van der Waals surface area contributed by atoms with Crippen LogP contribution in [0.15, 0.2) is 0 Å². The van der Waals surface area contributed by atoms with Gasteiger partial charge >= 0.3 is 0 Å². The van der Waals surface area contributed by atoms with Gasteiger partial charge in [-0.3, -0.25) is 4.72 Å². The van der Waals surface area contributed by atoms with E-state index in [1.54, 1.807) is 0 Å². The third-order valence-electron chi connectivity index (χ3n) is 1.53. The maximum atomic E-state index is 3.94. The molecule has 1 saturated carbocycles. The molecule has 0 spiro atoms. The highest BCUT2D eigenvalue weighted by Gasteiger charge is 2.26. The van der Waals surface area contributed by atoms with Crippen molar-refractivity contribution in [3.63, 3.8) is 0 Å². The van der Waals surface area contributed by atoms with Crippen molar-refractivity contribution in [3.05, 3.63) is 0 Å². The van der Waals surface area contributed by atoms with E-state index in [-0.39, 0.29) is 0 Å². The quantitative estimate of drug-likeness (QED) is 0.518. The van der Waals surface area contributed by atoms with Gasteiger partial charge in [-0.25, -0.2) is 0 Å². The van der Waals surface area contributed by atoms with Crippen LogP contribution in [0.3, 0.4) is 0 Å². The molecule has 1 atom stereocenters. The normalized spacial score (nSPS) is 24.9. The zero-order valence-electron chi connectivity index (χ0n) is 4.52. The Morgan fingerprint density at radius 1 is 1.71 bits per heavy atom. The highest BCUT2D eigenvalue weighted by molar-refractivity contribution is 7.78. The van der Waals surface area contributed by atoms with Gasteiger partial charge in [0, 0.05) is 6.04 Å². The molecule has 1 aliphatic rings. The second-order valence-electron chi connectivity index (χ2n) is 2.26. The molecule has 0 aromatic heterocycles. The van der Waals surface area contributed by atoms with Crippen molar-refractivity contribution in [2.45, 2.75) is 25.8 Å². The minimum Gasteiger partial charge on any atom is -0.264 e. The van der Waals surface area contributed by atoms with Gasteiger partial charge < -0.3 is 0 Å². The molecule has 1 unspecified atom stereocenters. The zero-order valence-corrected chi connectivity index (χ0v) is 5.41. The molecular formula is C5H11NS. The summed E-state index contributed by atoms with van der Waals surface area (Å²) in [7, 11) is 0. The molecule has 42 valence electrons. The van der Waals surface area contributed by atoms with Crippen LogP contribution in [0.1, 0.15) is 19.8 Å². The SMILES string of the molecule is CC(NS)C1CC1. The topological polar surface area (TPSA) is 12.0 Å². The predicted molar refractivity (Wildman–Crippen MR) is 34.3 cm³/mol. The van der Waals surface area contributed by atoms with E-state index in [0.29, 0.717) is 6.04 Å². The summed E-state index contributed by atoms with van der Waals surface area (Å²) in [6.45, 7) is 2.17. The molecule has 1 fully saturated rings. The van der Waals surface area contributed by atoms with E-state index in [9.17, 15) is 0 Å². The van der Waals surface area contributed by atoms with Gasteiger partial charge in [0.15, 0.2) is 0 Å². The average Bonchev–Trinajstić information content (AvgIpc) is 2.44. The van der Waals surface area contributed by atoms with Crippen LogP contribution in [0.5, 0.6) is 0 Å². The van der Waals surface area contributed by atoms with Crippen molar-refractivity contribution in [3.8, 4) is 0 Å². The zero-order chi connectivity index (χ0) is 5.28. The summed E-state index contributed by atoms with van der Waals surface area (Å²) in [6.07, 6.45) is 2.80. The molecule has 0 saturated heterocycles. The lowest BCUT2D eigenvalue weighted by atomic mass is 10.2. The summed E-state index contributed by atoms with van der Waals surface area (Å²) in [5.74, 6) is 0.928. The second kappa shape index (κ2) is 2.05. The minimum atomic E-state index is 0.628. The van der Waals surface area contributed by atoms with Crippen molar-refractivity contribution >= 4 is 12.8 Å². The van der Waals surface area contributed by atoms with Gasteiger partial charge in [0.1, 0.15) is 0 Å². The van der Waals surface area contributed by atoms with Gasteiger partial charge in [-0.1, -0.05) is 12.8 Å². The van der Waals surface area contributed by atoms with Crippen molar-refractivity contribution in [2.75, 3.05) is 0 Å². The molecule has 0 heterocycles. The van der Waals surface area contributed by atoms with E-state index in [0.717, 1.165) is 5.92 Å². The summed E-state index contributed by atoms with van der Waals surface area (Å²) in [5, 5.41) is 0. The monoisotopic (exact) mass is 117 g/mol. The third-order valence-corrected chi connectivity index (χ3v) is 1.94. The van der Waals surface area contributed by atoms with Crippen LogP contribution in [0.25, 0.3) is 0 Å². The first-order valence-electron chi connectivity index (χ1n) is 2.74. The van der Waals surface area contributed by atoms with Gasteiger partial charge in [-0.05, 0) is 25.7 Å². The summed E-state index contributed by atoms with van der Waals surface area (Å²) in [4.78, 5) is 0. The fraction of sp³-hybridized carbons (Fsp3) is 1.00.